The molecule has 0 atom stereocenters. The first-order valence-electron chi connectivity index (χ1n) is 13.0. The number of ketones is 1. The Labute approximate surface area is 224 Å². The fraction of sp³-hybridized carbons (Fsp3) is 0.367. The van der Waals surface area contributed by atoms with Crippen LogP contribution in [0.15, 0.2) is 59.5 Å². The van der Waals surface area contributed by atoms with Gasteiger partial charge in [0.05, 0.1) is 23.8 Å². The van der Waals surface area contributed by atoms with E-state index in [4.69, 9.17) is 4.74 Å². The lowest BCUT2D eigenvalue weighted by Crippen LogP contribution is -2.63. The Kier molecular flexibility index (Phi) is 7.11. The van der Waals surface area contributed by atoms with Crippen LogP contribution >= 0.6 is 0 Å². The second-order valence-electron chi connectivity index (χ2n) is 10.7. The second-order valence-corrected chi connectivity index (χ2v) is 10.7. The number of ether oxygens (including phenoxy) is 1. The van der Waals surface area contributed by atoms with Gasteiger partial charge in [0, 0.05) is 31.3 Å². The number of nitrogens with zero attached hydrogens (tertiary/aromatic N) is 2. The third kappa shape index (κ3) is 4.98. The van der Waals surface area contributed by atoms with Crippen molar-refractivity contribution in [3.8, 4) is 5.75 Å². The van der Waals surface area contributed by atoms with Crippen molar-refractivity contribution in [3.63, 3.8) is 0 Å². The lowest BCUT2D eigenvalue weighted by molar-refractivity contribution is -0.0969. The van der Waals surface area contributed by atoms with Crippen LogP contribution in [0.5, 0.6) is 5.75 Å². The summed E-state index contributed by atoms with van der Waals surface area (Å²) in [5.74, 6) is -3.34. The van der Waals surface area contributed by atoms with Crippen molar-refractivity contribution in [3.05, 3.63) is 99.0 Å². The number of carbonyl (C=O) groups is 2. The van der Waals surface area contributed by atoms with Crippen molar-refractivity contribution in [1.29, 1.82) is 0 Å². The van der Waals surface area contributed by atoms with Crippen LogP contribution in [0.2, 0.25) is 0 Å². The number of rotatable bonds is 8. The van der Waals surface area contributed by atoms with Crippen LogP contribution < -0.4 is 5.43 Å². The maximum Gasteiger partial charge on any atom is 0.274 e. The van der Waals surface area contributed by atoms with Gasteiger partial charge in [-0.25, -0.2) is 8.78 Å². The van der Waals surface area contributed by atoms with Crippen molar-refractivity contribution in [2.24, 2.45) is 0 Å². The predicted molar refractivity (Wildman–Crippen MR) is 140 cm³/mol. The lowest BCUT2D eigenvalue weighted by atomic mass is 9.71. The maximum atomic E-state index is 14.1. The van der Waals surface area contributed by atoms with Crippen LogP contribution in [0.3, 0.4) is 0 Å². The smallest absolute Gasteiger partial charge is 0.274 e. The molecule has 1 saturated carbocycles. The number of fused-ring (bicyclic) bond motifs is 2. The van der Waals surface area contributed by atoms with E-state index in [1.165, 1.54) is 12.3 Å². The van der Waals surface area contributed by atoms with Gasteiger partial charge in [0.15, 0.2) is 17.2 Å². The molecule has 2 aromatic carbocycles. The first-order valence-corrected chi connectivity index (χ1v) is 13.0. The van der Waals surface area contributed by atoms with E-state index in [9.17, 15) is 28.3 Å². The van der Waals surface area contributed by atoms with Gasteiger partial charge >= 0.3 is 0 Å². The normalized spacial score (nSPS) is 20.3. The number of Topliss-reactive ketones (excluding diaryl/α,β-unsaturated/α-hetero) is 1. The molecule has 7 nitrogen and oxygen atoms in total. The van der Waals surface area contributed by atoms with Gasteiger partial charge in [0.2, 0.25) is 5.43 Å². The van der Waals surface area contributed by atoms with Crippen LogP contribution in [-0.2, 0) is 23.3 Å². The number of hydrogen-bond acceptors (Lipinski definition) is 5. The molecule has 1 aromatic heterocycles. The lowest BCUT2D eigenvalue weighted by Gasteiger charge is -2.55. The van der Waals surface area contributed by atoms with Crippen molar-refractivity contribution >= 4 is 11.7 Å². The van der Waals surface area contributed by atoms with Crippen LogP contribution in [0.1, 0.15) is 65.1 Å². The van der Waals surface area contributed by atoms with E-state index < -0.39 is 40.0 Å². The van der Waals surface area contributed by atoms with Gasteiger partial charge in [-0.3, -0.25) is 14.4 Å². The van der Waals surface area contributed by atoms with Gasteiger partial charge in [-0.1, -0.05) is 36.4 Å². The van der Waals surface area contributed by atoms with Gasteiger partial charge in [-0.2, -0.15) is 0 Å². The summed E-state index contributed by atoms with van der Waals surface area (Å²) < 4.78 is 35.0. The van der Waals surface area contributed by atoms with E-state index in [0.717, 1.165) is 17.7 Å². The monoisotopic (exact) mass is 536 g/mol. The van der Waals surface area contributed by atoms with Gasteiger partial charge < -0.3 is 19.3 Å². The average Bonchev–Trinajstić information content (AvgIpc) is 2.88. The number of aromatic hydroxyl groups is 1. The molecule has 0 saturated heterocycles. The van der Waals surface area contributed by atoms with Gasteiger partial charge in [-0.05, 0) is 50.3 Å². The molecule has 3 aromatic rings. The Bertz CT molecular complexity index is 1480. The number of aromatic nitrogens is 1. The van der Waals surface area contributed by atoms with E-state index in [-0.39, 0.29) is 41.8 Å². The number of hydrogen-bond donors (Lipinski definition) is 1. The highest BCUT2D eigenvalue weighted by molar-refractivity contribution is 6.00. The number of benzene rings is 2. The molecule has 2 heterocycles. The molecule has 1 N–H and O–H groups in total. The summed E-state index contributed by atoms with van der Waals surface area (Å²) in [7, 11) is 0. The fourth-order valence-corrected chi connectivity index (χ4v) is 5.52. The molecule has 204 valence electrons. The fourth-order valence-electron chi connectivity index (χ4n) is 5.52. The van der Waals surface area contributed by atoms with E-state index in [1.807, 2.05) is 44.2 Å². The highest BCUT2D eigenvalue weighted by Crippen LogP contribution is 2.46. The summed E-state index contributed by atoms with van der Waals surface area (Å²) in [5.41, 5.74) is -0.814. The van der Waals surface area contributed by atoms with E-state index in [0.29, 0.717) is 26.0 Å². The molecule has 0 unspecified atom stereocenters. The third-order valence-corrected chi connectivity index (χ3v) is 7.73. The summed E-state index contributed by atoms with van der Waals surface area (Å²) >= 11 is 0. The van der Waals surface area contributed by atoms with Crippen molar-refractivity contribution < 1.29 is 28.2 Å². The summed E-state index contributed by atoms with van der Waals surface area (Å²) in [6, 6.07) is 12.7. The van der Waals surface area contributed by atoms with Crippen LogP contribution in [-0.4, -0.2) is 45.0 Å². The number of pyridine rings is 1. The molecule has 5 rings (SSSR count). The molecule has 9 heteroatoms. The molecular weight excluding hydrogens is 506 g/mol. The van der Waals surface area contributed by atoms with Crippen LogP contribution in [0.25, 0.3) is 0 Å². The first kappa shape index (κ1) is 26.7. The van der Waals surface area contributed by atoms with E-state index in [1.54, 1.807) is 9.47 Å². The highest BCUT2D eigenvalue weighted by atomic mass is 19.1. The quantitative estimate of drug-likeness (QED) is 0.426. The number of carbonyl (C=O) groups excluding carboxylic acids is 2. The Morgan fingerprint density at radius 3 is 2.51 bits per heavy atom. The van der Waals surface area contributed by atoms with Crippen LogP contribution in [0.4, 0.5) is 8.78 Å². The largest absolute Gasteiger partial charge is 0.503 e. The molecular formula is C30H30F2N2O5. The van der Waals surface area contributed by atoms with E-state index in [2.05, 4.69) is 0 Å². The molecule has 1 amide bonds. The Morgan fingerprint density at radius 1 is 1.13 bits per heavy atom. The molecule has 0 bridgehead atoms. The SMILES string of the molecule is CC(C)N1CC2(CC(OCc3ccccc3)C2)n2cc(C(=O)CCc3ccc(F)cc3F)c(=O)c(O)c2C1=O. The summed E-state index contributed by atoms with van der Waals surface area (Å²) in [4.78, 5) is 41.1. The number of aryl methyl sites for hydroxylation is 1. The van der Waals surface area contributed by atoms with Gasteiger partial charge in [-0.15, -0.1) is 0 Å². The third-order valence-electron chi connectivity index (χ3n) is 7.73. The molecule has 0 radical (unpaired) electrons. The molecule has 1 aliphatic heterocycles. The van der Waals surface area contributed by atoms with Gasteiger partial charge in [0.1, 0.15) is 11.6 Å². The van der Waals surface area contributed by atoms with E-state index >= 15 is 0 Å². The topological polar surface area (TPSA) is 88.8 Å². The zero-order chi connectivity index (χ0) is 27.9. The molecule has 1 aliphatic carbocycles. The minimum Gasteiger partial charge on any atom is -0.503 e. The second kappa shape index (κ2) is 10.4. The number of halogens is 2. The Morgan fingerprint density at radius 2 is 1.85 bits per heavy atom. The number of amides is 1. The highest BCUT2D eigenvalue weighted by Gasteiger charge is 2.53. The zero-order valence-corrected chi connectivity index (χ0v) is 21.8. The van der Waals surface area contributed by atoms with Crippen molar-refractivity contribution in [2.75, 3.05) is 6.54 Å². The zero-order valence-electron chi connectivity index (χ0n) is 21.8. The van der Waals surface area contributed by atoms with Crippen molar-refractivity contribution in [2.45, 2.75) is 63.8 Å². The maximum absolute atomic E-state index is 14.1. The summed E-state index contributed by atoms with van der Waals surface area (Å²) in [5, 5.41) is 10.9. The minimum absolute atomic E-state index is 0.0481. The Hall–Kier alpha value is -3.85. The molecule has 1 spiro atoms. The Balaban J connectivity index is 1.43. The summed E-state index contributed by atoms with van der Waals surface area (Å²) in [6.45, 7) is 4.51. The summed E-state index contributed by atoms with van der Waals surface area (Å²) in [6.07, 6.45) is 2.04. The minimum atomic E-state index is -0.934. The van der Waals surface area contributed by atoms with Crippen LogP contribution in [0, 0.1) is 11.6 Å². The van der Waals surface area contributed by atoms with Gasteiger partial charge in [0.25, 0.3) is 5.91 Å². The van der Waals surface area contributed by atoms with Crippen molar-refractivity contribution in [1.82, 2.24) is 9.47 Å². The average molecular weight is 537 g/mol. The molecule has 1 fully saturated rings. The first-order chi connectivity index (χ1) is 18.6. The standard InChI is InChI=1S/C30H30F2N2O5/c1-18(2)33-17-30(13-22(14-30)39-16-19-6-4-3-5-7-19)34-15-23(27(36)28(37)26(34)29(33)38)25(35)11-9-20-8-10-21(31)12-24(20)32/h3-8,10,12,15,18,22,37H,9,11,13-14,16-17H2,1-2H3. The molecule has 39 heavy (non-hydrogen) atoms. The molecule has 2 aliphatic rings. The predicted octanol–water partition coefficient (Wildman–Crippen LogP) is 4.59.